The summed E-state index contributed by atoms with van der Waals surface area (Å²) in [6.45, 7) is 0. The van der Waals surface area contributed by atoms with Gasteiger partial charge in [-0.1, -0.05) is 0 Å². The Morgan fingerprint density at radius 2 is 1.68 bits per heavy atom. The first-order chi connectivity index (χ1) is 12.9. The van der Waals surface area contributed by atoms with Crippen molar-refractivity contribution in [1.82, 2.24) is 0 Å². The molecule has 3 fully saturated rings. The number of esters is 2. The van der Waals surface area contributed by atoms with Gasteiger partial charge in [-0.3, -0.25) is 9.59 Å². The fraction of sp³-hybridized carbons (Fsp3) is 0.500. The second kappa shape index (κ2) is 5.58. The second-order valence-corrected chi connectivity index (χ2v) is 6.99. The molecule has 0 aromatic heterocycles. The van der Waals surface area contributed by atoms with E-state index in [1.54, 1.807) is 0 Å². The van der Waals surface area contributed by atoms with Gasteiger partial charge >= 0.3 is 18.1 Å². The lowest BCUT2D eigenvalue weighted by molar-refractivity contribution is -0.159. The normalized spacial score (nSPS) is 33.4. The molecule has 12 heteroatoms. The first kappa shape index (κ1) is 19.0. The van der Waals surface area contributed by atoms with Gasteiger partial charge in [0.05, 0.1) is 6.10 Å². The predicted octanol–water partition coefficient (Wildman–Crippen LogP) is 2.48. The largest absolute Gasteiger partial charge is 0.458 e. The Morgan fingerprint density at radius 3 is 2.18 bits per heavy atom. The molecule has 0 radical (unpaired) electrons. The van der Waals surface area contributed by atoms with Crippen LogP contribution < -0.4 is 4.74 Å². The van der Waals surface area contributed by atoms with Gasteiger partial charge in [-0.15, -0.1) is 0 Å². The molecule has 1 heterocycles. The highest BCUT2D eigenvalue weighted by molar-refractivity contribution is 6.03. The molecule has 1 aromatic carbocycles. The third kappa shape index (κ3) is 2.17. The van der Waals surface area contributed by atoms with E-state index in [2.05, 4.69) is 4.74 Å². The molecule has 152 valence electrons. The highest BCUT2D eigenvalue weighted by atomic mass is 19.4. The first-order valence-corrected chi connectivity index (χ1v) is 7.95. The molecule has 2 saturated carbocycles. The number of aliphatic hydroxyl groups is 1. The smallest absolute Gasteiger partial charge is 0.422 e. The average molecular weight is 414 g/mol. The zero-order chi connectivity index (χ0) is 20.8. The molecule has 3 aliphatic rings. The van der Waals surface area contributed by atoms with Crippen LogP contribution in [-0.2, 0) is 20.5 Å². The minimum Gasteiger partial charge on any atom is -0.458 e. The second-order valence-electron chi connectivity index (χ2n) is 6.99. The van der Waals surface area contributed by atoms with Crippen molar-refractivity contribution in [3.63, 3.8) is 0 Å². The van der Waals surface area contributed by atoms with E-state index in [1.165, 1.54) is 0 Å². The van der Waals surface area contributed by atoms with E-state index in [-0.39, 0.29) is 12.8 Å². The van der Waals surface area contributed by atoms with Crippen LogP contribution in [0.15, 0.2) is 0 Å². The maximum absolute atomic E-state index is 14.0. The third-order valence-corrected chi connectivity index (χ3v) is 5.66. The van der Waals surface area contributed by atoms with Crippen molar-refractivity contribution in [2.45, 2.75) is 31.2 Å². The van der Waals surface area contributed by atoms with E-state index in [4.69, 9.17) is 4.74 Å². The van der Waals surface area contributed by atoms with Crippen molar-refractivity contribution in [3.8, 4) is 5.75 Å². The number of rotatable bonds is 2. The Hall–Kier alpha value is -2.37. The van der Waals surface area contributed by atoms with E-state index in [0.29, 0.717) is 0 Å². The van der Waals surface area contributed by atoms with Crippen molar-refractivity contribution >= 4 is 11.9 Å². The van der Waals surface area contributed by atoms with Gasteiger partial charge in [-0.05, 0) is 18.8 Å². The van der Waals surface area contributed by atoms with Gasteiger partial charge in [-0.2, -0.15) is 22.0 Å². The summed E-state index contributed by atoms with van der Waals surface area (Å²) in [6.07, 6.45) is -7.98. The molecule has 0 amide bonds. The molecule has 1 aliphatic heterocycles. The number of aliphatic hydroxyl groups excluding tert-OH is 1. The van der Waals surface area contributed by atoms with Gasteiger partial charge in [0.2, 0.25) is 17.4 Å². The Bertz CT molecular complexity index is 885. The van der Waals surface area contributed by atoms with Crippen LogP contribution >= 0.6 is 0 Å². The van der Waals surface area contributed by atoms with Crippen LogP contribution in [0.1, 0.15) is 18.4 Å². The lowest BCUT2D eigenvalue weighted by Gasteiger charge is -2.28. The van der Waals surface area contributed by atoms with Crippen molar-refractivity contribution in [3.05, 3.63) is 28.8 Å². The van der Waals surface area contributed by atoms with Crippen molar-refractivity contribution in [2.75, 3.05) is 0 Å². The van der Waals surface area contributed by atoms with Crippen LogP contribution in [0.4, 0.5) is 30.7 Å². The molecule has 4 rings (SSSR count). The number of ether oxygens (including phenoxy) is 2. The molecule has 2 bridgehead atoms. The van der Waals surface area contributed by atoms with Crippen LogP contribution in [0.25, 0.3) is 0 Å². The molecule has 28 heavy (non-hydrogen) atoms. The van der Waals surface area contributed by atoms with E-state index in [0.717, 1.165) is 0 Å². The minimum atomic E-state index is -5.75. The number of halogens is 7. The maximum atomic E-state index is 14.0. The van der Waals surface area contributed by atoms with Gasteiger partial charge in [0.15, 0.2) is 17.0 Å². The average Bonchev–Trinajstić information content (AvgIpc) is 3.19. The Morgan fingerprint density at radius 1 is 1.11 bits per heavy atom. The fourth-order valence-electron chi connectivity index (χ4n) is 4.42. The summed E-state index contributed by atoms with van der Waals surface area (Å²) in [5.74, 6) is -16.9. The number of carbonyl (C=O) groups excluding carboxylic acids is 2. The summed E-state index contributed by atoms with van der Waals surface area (Å²) in [7, 11) is 0. The molecule has 5 atom stereocenters. The molecule has 5 nitrogen and oxygen atoms in total. The molecule has 2 aliphatic carbocycles. The van der Waals surface area contributed by atoms with Gasteiger partial charge in [-0.25, -0.2) is 8.78 Å². The number of hydrogen-bond acceptors (Lipinski definition) is 5. The van der Waals surface area contributed by atoms with Crippen molar-refractivity contribution in [2.24, 2.45) is 17.3 Å². The van der Waals surface area contributed by atoms with Gasteiger partial charge < -0.3 is 14.6 Å². The maximum Gasteiger partial charge on any atom is 0.422 e. The summed E-state index contributed by atoms with van der Waals surface area (Å²) in [5, 5.41) is 9.92. The number of carbonyl (C=O) groups is 2. The highest BCUT2D eigenvalue weighted by Crippen LogP contribution is 2.62. The number of alkyl halides is 3. The topological polar surface area (TPSA) is 72.8 Å². The summed E-state index contributed by atoms with van der Waals surface area (Å²) in [6, 6.07) is 0. The first-order valence-electron chi connectivity index (χ1n) is 7.95. The zero-order valence-corrected chi connectivity index (χ0v) is 13.4. The van der Waals surface area contributed by atoms with E-state index < -0.39 is 82.2 Å². The summed E-state index contributed by atoms with van der Waals surface area (Å²) in [5.41, 5.74) is -4.87. The standard InChI is InChI=1S/C16H9F7O5/c17-6-5(16(21,22)23)7(18)9(20)12(8(6)19)28-14(26)15-2-3-1-4(15)11(10(3)24)27-13(15)25/h3-4,10-11,24H,1-2H2. The van der Waals surface area contributed by atoms with E-state index >= 15 is 0 Å². The molecule has 1 N–H and O–H groups in total. The summed E-state index contributed by atoms with van der Waals surface area (Å²) in [4.78, 5) is 24.7. The Kier molecular flexibility index (Phi) is 3.78. The predicted molar refractivity (Wildman–Crippen MR) is 71.4 cm³/mol. The van der Waals surface area contributed by atoms with Crippen LogP contribution in [0, 0.1) is 40.5 Å². The van der Waals surface area contributed by atoms with Gasteiger partial charge in [0.25, 0.3) is 0 Å². The van der Waals surface area contributed by atoms with Crippen LogP contribution in [0.2, 0.25) is 0 Å². The van der Waals surface area contributed by atoms with Crippen LogP contribution in [-0.4, -0.2) is 29.3 Å². The fourth-order valence-corrected chi connectivity index (χ4v) is 4.42. The summed E-state index contributed by atoms with van der Waals surface area (Å²) < 4.78 is 102. The molecule has 1 aromatic rings. The van der Waals surface area contributed by atoms with Crippen molar-refractivity contribution < 1.29 is 54.9 Å². The number of fused-ring (bicyclic) bond motifs is 1. The SMILES string of the molecule is O=C(Oc1c(F)c(F)c(C(F)(F)F)c(F)c1F)C12CC3CC1C(OC2=O)C3O. The number of benzene rings is 1. The third-order valence-electron chi connectivity index (χ3n) is 5.66. The molecule has 1 saturated heterocycles. The molecule has 5 unspecified atom stereocenters. The van der Waals surface area contributed by atoms with Crippen LogP contribution in [0.3, 0.4) is 0 Å². The van der Waals surface area contributed by atoms with E-state index in [9.17, 15) is 45.4 Å². The molecule has 0 spiro atoms. The molecular formula is C16H9F7O5. The lowest BCUT2D eigenvalue weighted by atomic mass is 9.73. The highest BCUT2D eigenvalue weighted by Gasteiger charge is 2.74. The van der Waals surface area contributed by atoms with Crippen molar-refractivity contribution in [1.29, 1.82) is 0 Å². The monoisotopic (exact) mass is 414 g/mol. The molecular weight excluding hydrogens is 405 g/mol. The summed E-state index contributed by atoms with van der Waals surface area (Å²) >= 11 is 0. The Labute approximate surface area is 151 Å². The van der Waals surface area contributed by atoms with Gasteiger partial charge in [0.1, 0.15) is 11.7 Å². The van der Waals surface area contributed by atoms with Crippen LogP contribution in [0.5, 0.6) is 5.75 Å². The van der Waals surface area contributed by atoms with E-state index in [1.807, 2.05) is 0 Å². The Balaban J connectivity index is 1.73. The zero-order valence-electron chi connectivity index (χ0n) is 13.4. The quantitative estimate of drug-likeness (QED) is 0.265. The number of hydrogen-bond donors (Lipinski definition) is 1. The lowest BCUT2D eigenvalue weighted by Crippen LogP contribution is -2.45. The van der Waals surface area contributed by atoms with Gasteiger partial charge in [0, 0.05) is 5.92 Å². The minimum absolute atomic E-state index is 0.160.